The zero-order valence-electron chi connectivity index (χ0n) is 13.4. The molecule has 0 unspecified atom stereocenters. The van der Waals surface area contributed by atoms with Crippen LogP contribution in [0.4, 0.5) is 0 Å². The number of hydrogen-bond acceptors (Lipinski definition) is 3. The maximum atomic E-state index is 12.9. The number of nitrogens with one attached hydrogen (secondary N) is 1. The number of sulfonamides is 1. The van der Waals surface area contributed by atoms with Crippen LogP contribution in [-0.4, -0.2) is 31.9 Å². The van der Waals surface area contributed by atoms with Gasteiger partial charge in [-0.2, -0.15) is 4.31 Å². The molecule has 0 radical (unpaired) electrons. The Bertz CT molecular complexity index is 586. The van der Waals surface area contributed by atoms with E-state index in [-0.39, 0.29) is 6.04 Å². The Morgan fingerprint density at radius 3 is 2.38 bits per heavy atom. The molecule has 0 spiro atoms. The van der Waals surface area contributed by atoms with Crippen molar-refractivity contribution in [3.05, 3.63) is 28.3 Å². The van der Waals surface area contributed by atoms with Gasteiger partial charge in [0.15, 0.2) is 0 Å². The molecule has 0 atom stereocenters. The normalized spacial score (nSPS) is 12.4. The highest BCUT2D eigenvalue weighted by molar-refractivity contribution is 7.89. The predicted octanol–water partition coefficient (Wildman–Crippen LogP) is 3.18. The summed E-state index contributed by atoms with van der Waals surface area (Å²) in [5.41, 5.74) is 1.68. The second kappa shape index (κ2) is 7.58. The number of hydrogen-bond donors (Lipinski definition) is 1. The molecule has 4 nitrogen and oxygen atoms in total. The number of rotatable bonds is 7. The summed E-state index contributed by atoms with van der Waals surface area (Å²) >= 11 is 6.12. The summed E-state index contributed by atoms with van der Waals surface area (Å²) in [5.74, 6) is 0. The van der Waals surface area contributed by atoms with Crippen molar-refractivity contribution in [1.29, 1.82) is 0 Å². The minimum atomic E-state index is -3.53. The Kier molecular flexibility index (Phi) is 6.66. The van der Waals surface area contributed by atoms with Gasteiger partial charge in [0.05, 0.1) is 4.90 Å². The Labute approximate surface area is 133 Å². The average Bonchev–Trinajstić information content (AvgIpc) is 2.39. The van der Waals surface area contributed by atoms with Crippen LogP contribution in [0.2, 0.25) is 5.02 Å². The van der Waals surface area contributed by atoms with Crippen LogP contribution in [0.1, 0.15) is 38.8 Å². The summed E-state index contributed by atoms with van der Waals surface area (Å²) in [6, 6.07) is 3.28. The summed E-state index contributed by atoms with van der Waals surface area (Å²) in [6.07, 6.45) is 0. The van der Waals surface area contributed by atoms with Gasteiger partial charge in [-0.3, -0.25) is 0 Å². The summed E-state index contributed by atoms with van der Waals surface area (Å²) in [4.78, 5) is 0.304. The lowest BCUT2D eigenvalue weighted by molar-refractivity contribution is 0.369. The molecule has 21 heavy (non-hydrogen) atoms. The number of nitrogens with zero attached hydrogens (tertiary/aromatic N) is 1. The Balaban J connectivity index is 3.38. The van der Waals surface area contributed by atoms with Crippen molar-refractivity contribution in [2.45, 2.75) is 52.1 Å². The van der Waals surface area contributed by atoms with E-state index < -0.39 is 10.0 Å². The van der Waals surface area contributed by atoms with Crippen LogP contribution < -0.4 is 5.32 Å². The van der Waals surface area contributed by atoms with Crippen LogP contribution in [0.15, 0.2) is 17.0 Å². The monoisotopic (exact) mass is 332 g/mol. The molecule has 1 rings (SSSR count). The first-order valence-electron chi connectivity index (χ1n) is 7.27. The molecule has 6 heteroatoms. The van der Waals surface area contributed by atoms with Gasteiger partial charge >= 0.3 is 0 Å². The number of halogens is 1. The summed E-state index contributed by atoms with van der Waals surface area (Å²) in [6.45, 7) is 11.3. The fourth-order valence-electron chi connectivity index (χ4n) is 2.36. The molecular formula is C15H25ClN2O2S. The molecule has 1 aromatic carbocycles. The third-order valence-corrected chi connectivity index (χ3v) is 5.97. The highest BCUT2D eigenvalue weighted by Crippen LogP contribution is 2.28. The topological polar surface area (TPSA) is 49.4 Å². The van der Waals surface area contributed by atoms with Crippen LogP contribution in [0, 0.1) is 6.92 Å². The van der Waals surface area contributed by atoms with Crippen LogP contribution in [0.3, 0.4) is 0 Å². The highest BCUT2D eigenvalue weighted by Gasteiger charge is 2.28. The van der Waals surface area contributed by atoms with Crippen molar-refractivity contribution in [2.75, 3.05) is 13.1 Å². The van der Waals surface area contributed by atoms with E-state index >= 15 is 0 Å². The van der Waals surface area contributed by atoms with E-state index in [2.05, 4.69) is 5.32 Å². The molecule has 0 saturated heterocycles. The second-order valence-electron chi connectivity index (χ2n) is 5.27. The summed E-state index contributed by atoms with van der Waals surface area (Å²) < 4.78 is 27.2. The SMILES string of the molecule is CCNCc1cc(Cl)cc(S(=O)(=O)N(CC)C(C)C)c1C. The van der Waals surface area contributed by atoms with Crippen molar-refractivity contribution in [3.63, 3.8) is 0 Å². The van der Waals surface area contributed by atoms with E-state index in [0.717, 1.165) is 17.7 Å². The molecule has 1 aromatic rings. The first-order valence-corrected chi connectivity index (χ1v) is 9.09. The van der Waals surface area contributed by atoms with E-state index in [1.807, 2.05) is 40.7 Å². The van der Waals surface area contributed by atoms with Crippen molar-refractivity contribution >= 4 is 21.6 Å². The predicted molar refractivity (Wildman–Crippen MR) is 88.3 cm³/mol. The number of benzene rings is 1. The van der Waals surface area contributed by atoms with Crippen molar-refractivity contribution in [3.8, 4) is 0 Å². The van der Waals surface area contributed by atoms with E-state index in [4.69, 9.17) is 11.6 Å². The van der Waals surface area contributed by atoms with Crippen LogP contribution in [0.25, 0.3) is 0 Å². The smallest absolute Gasteiger partial charge is 0.243 e. The van der Waals surface area contributed by atoms with Gasteiger partial charge in [-0.25, -0.2) is 8.42 Å². The Morgan fingerprint density at radius 1 is 1.29 bits per heavy atom. The van der Waals surface area contributed by atoms with Gasteiger partial charge in [-0.05, 0) is 50.6 Å². The molecule has 0 heterocycles. The molecule has 0 amide bonds. The van der Waals surface area contributed by atoms with Crippen molar-refractivity contribution < 1.29 is 8.42 Å². The van der Waals surface area contributed by atoms with Gasteiger partial charge in [0, 0.05) is 24.2 Å². The molecule has 0 saturated carbocycles. The third-order valence-electron chi connectivity index (χ3n) is 3.47. The molecule has 120 valence electrons. The summed E-state index contributed by atoms with van der Waals surface area (Å²) in [7, 11) is -3.53. The highest BCUT2D eigenvalue weighted by atomic mass is 35.5. The maximum Gasteiger partial charge on any atom is 0.243 e. The van der Waals surface area contributed by atoms with Crippen LogP contribution in [0.5, 0.6) is 0 Å². The molecule has 0 aliphatic heterocycles. The molecule has 0 aliphatic carbocycles. The van der Waals surface area contributed by atoms with E-state index in [9.17, 15) is 8.42 Å². The minimum Gasteiger partial charge on any atom is -0.313 e. The zero-order valence-corrected chi connectivity index (χ0v) is 15.0. The minimum absolute atomic E-state index is 0.0874. The molecule has 0 fully saturated rings. The third kappa shape index (κ3) is 4.19. The van der Waals surface area contributed by atoms with Gasteiger partial charge in [0.1, 0.15) is 0 Å². The molecule has 1 N–H and O–H groups in total. The molecule has 0 bridgehead atoms. The largest absolute Gasteiger partial charge is 0.313 e. The quantitative estimate of drug-likeness (QED) is 0.834. The van der Waals surface area contributed by atoms with Gasteiger partial charge in [0.2, 0.25) is 10.0 Å². The molecule has 0 aliphatic rings. The summed E-state index contributed by atoms with van der Waals surface area (Å²) in [5, 5.41) is 3.66. The Morgan fingerprint density at radius 2 is 1.90 bits per heavy atom. The van der Waals surface area contributed by atoms with E-state index in [0.29, 0.717) is 23.0 Å². The first kappa shape index (κ1) is 18.4. The van der Waals surface area contributed by atoms with Crippen LogP contribution >= 0.6 is 11.6 Å². The second-order valence-corrected chi connectivity index (χ2v) is 7.57. The van der Waals surface area contributed by atoms with Crippen molar-refractivity contribution in [1.82, 2.24) is 9.62 Å². The fraction of sp³-hybridized carbons (Fsp3) is 0.600. The van der Waals surface area contributed by atoms with Gasteiger partial charge < -0.3 is 5.32 Å². The average molecular weight is 333 g/mol. The van der Waals surface area contributed by atoms with Gasteiger partial charge in [-0.1, -0.05) is 25.4 Å². The molecular weight excluding hydrogens is 308 g/mol. The van der Waals surface area contributed by atoms with E-state index in [1.165, 1.54) is 4.31 Å². The zero-order chi connectivity index (χ0) is 16.2. The Hall–Kier alpha value is -0.620. The first-order chi connectivity index (χ1) is 9.75. The standard InChI is InChI=1S/C15H25ClN2O2S/c1-6-17-10-13-8-14(16)9-15(12(13)5)21(19,20)18(7-2)11(3)4/h8-9,11,17H,6-7,10H2,1-5H3. The van der Waals surface area contributed by atoms with Crippen molar-refractivity contribution in [2.24, 2.45) is 0 Å². The lowest BCUT2D eigenvalue weighted by atomic mass is 10.1. The van der Waals surface area contributed by atoms with Gasteiger partial charge in [0.25, 0.3) is 0 Å². The fourth-order valence-corrected chi connectivity index (χ4v) is 4.61. The molecule has 0 aromatic heterocycles. The lowest BCUT2D eigenvalue weighted by Crippen LogP contribution is -2.37. The van der Waals surface area contributed by atoms with Gasteiger partial charge in [-0.15, -0.1) is 0 Å². The van der Waals surface area contributed by atoms with Crippen LogP contribution in [-0.2, 0) is 16.6 Å². The lowest BCUT2D eigenvalue weighted by Gasteiger charge is -2.26. The maximum absolute atomic E-state index is 12.9. The van der Waals surface area contributed by atoms with E-state index in [1.54, 1.807) is 6.07 Å².